The van der Waals surface area contributed by atoms with Gasteiger partial charge in [0, 0.05) is 39.3 Å². The molecule has 0 N–H and O–H groups in total. The van der Waals surface area contributed by atoms with E-state index in [0.717, 1.165) is 31.6 Å². The molecule has 0 atom stereocenters. The minimum absolute atomic E-state index is 0.338. The highest BCUT2D eigenvalue weighted by molar-refractivity contribution is 6.34. The third-order valence-electron chi connectivity index (χ3n) is 4.71. The number of likely N-dealkylation sites (N-methyl/N-ethyl adjacent to an activating group) is 1. The number of hydrogen-bond acceptors (Lipinski definition) is 3. The molecule has 1 aromatic carbocycles. The lowest BCUT2D eigenvalue weighted by molar-refractivity contribution is -0.153. The van der Waals surface area contributed by atoms with Crippen molar-refractivity contribution in [2.45, 2.75) is 19.9 Å². The van der Waals surface area contributed by atoms with Crippen LogP contribution in [-0.4, -0.2) is 65.8 Å². The zero-order chi connectivity index (χ0) is 15.5. The molecule has 0 aromatic heterocycles. The third kappa shape index (κ3) is 2.99. The summed E-state index contributed by atoms with van der Waals surface area (Å²) in [6, 6.07) is 8.15. The molecule has 2 aliphatic rings. The third-order valence-corrected chi connectivity index (χ3v) is 4.71. The lowest BCUT2D eigenvalue weighted by Crippen LogP contribution is -2.53. The van der Waals surface area contributed by atoms with E-state index in [1.54, 1.807) is 9.80 Å². The van der Waals surface area contributed by atoms with Gasteiger partial charge in [-0.05, 0) is 24.1 Å². The number of piperazine rings is 1. The minimum Gasteiger partial charge on any atom is -0.332 e. The quantitative estimate of drug-likeness (QED) is 0.719. The van der Waals surface area contributed by atoms with Gasteiger partial charge in [-0.3, -0.25) is 9.59 Å². The standard InChI is InChI=1S/C17H23N3O2/c1-2-18-9-11-19(12-10-18)16(21)17(22)20-8-7-14-5-3-4-6-15(14)13-20/h3-6H,2,7-13H2,1H3. The average molecular weight is 301 g/mol. The van der Waals surface area contributed by atoms with Gasteiger partial charge >= 0.3 is 11.8 Å². The van der Waals surface area contributed by atoms with Gasteiger partial charge in [0.25, 0.3) is 0 Å². The second-order valence-electron chi connectivity index (χ2n) is 5.97. The largest absolute Gasteiger partial charge is 0.332 e. The second-order valence-corrected chi connectivity index (χ2v) is 5.97. The summed E-state index contributed by atoms with van der Waals surface area (Å²) in [6.07, 6.45) is 0.832. The minimum atomic E-state index is -0.348. The first-order chi connectivity index (χ1) is 10.7. The van der Waals surface area contributed by atoms with Crippen LogP contribution in [0.2, 0.25) is 0 Å². The highest BCUT2D eigenvalue weighted by Gasteiger charge is 2.30. The molecule has 0 radical (unpaired) electrons. The SMILES string of the molecule is CCN1CCN(C(=O)C(=O)N2CCc3ccccc3C2)CC1. The molecule has 2 heterocycles. The van der Waals surface area contributed by atoms with Crippen LogP contribution < -0.4 is 0 Å². The van der Waals surface area contributed by atoms with Gasteiger partial charge in [-0.1, -0.05) is 31.2 Å². The Balaban J connectivity index is 1.61. The highest BCUT2D eigenvalue weighted by atomic mass is 16.2. The maximum Gasteiger partial charge on any atom is 0.312 e. The van der Waals surface area contributed by atoms with Gasteiger partial charge in [-0.15, -0.1) is 0 Å². The zero-order valence-corrected chi connectivity index (χ0v) is 13.1. The van der Waals surface area contributed by atoms with Crippen molar-refractivity contribution in [3.05, 3.63) is 35.4 Å². The van der Waals surface area contributed by atoms with E-state index >= 15 is 0 Å². The summed E-state index contributed by atoms with van der Waals surface area (Å²) in [5.74, 6) is -0.686. The average Bonchev–Trinajstić information content (AvgIpc) is 2.60. The van der Waals surface area contributed by atoms with Crippen molar-refractivity contribution >= 4 is 11.8 Å². The second kappa shape index (κ2) is 6.48. The fourth-order valence-electron chi connectivity index (χ4n) is 3.21. The van der Waals surface area contributed by atoms with Crippen LogP contribution in [0.5, 0.6) is 0 Å². The predicted molar refractivity (Wildman–Crippen MR) is 84.3 cm³/mol. The zero-order valence-electron chi connectivity index (χ0n) is 13.1. The van der Waals surface area contributed by atoms with E-state index in [1.165, 1.54) is 5.56 Å². The fraction of sp³-hybridized carbons (Fsp3) is 0.529. The van der Waals surface area contributed by atoms with Gasteiger partial charge in [0.15, 0.2) is 0 Å². The van der Waals surface area contributed by atoms with Crippen LogP contribution in [0.15, 0.2) is 24.3 Å². The van der Waals surface area contributed by atoms with Crippen LogP contribution in [0, 0.1) is 0 Å². The molecule has 3 rings (SSSR count). The number of hydrogen-bond donors (Lipinski definition) is 0. The van der Waals surface area contributed by atoms with Gasteiger partial charge in [0.2, 0.25) is 0 Å². The summed E-state index contributed by atoms with van der Waals surface area (Å²) in [7, 11) is 0. The smallest absolute Gasteiger partial charge is 0.312 e. The first-order valence-corrected chi connectivity index (χ1v) is 8.06. The lowest BCUT2D eigenvalue weighted by Gasteiger charge is -2.35. The summed E-state index contributed by atoms with van der Waals surface area (Å²) < 4.78 is 0. The van der Waals surface area contributed by atoms with Crippen molar-refractivity contribution in [2.24, 2.45) is 0 Å². The fourth-order valence-corrected chi connectivity index (χ4v) is 3.21. The molecule has 0 spiro atoms. The number of fused-ring (bicyclic) bond motifs is 1. The Morgan fingerprint density at radius 2 is 1.55 bits per heavy atom. The van der Waals surface area contributed by atoms with Crippen molar-refractivity contribution in [3.63, 3.8) is 0 Å². The van der Waals surface area contributed by atoms with Crippen molar-refractivity contribution < 1.29 is 9.59 Å². The van der Waals surface area contributed by atoms with Crippen molar-refractivity contribution in [1.82, 2.24) is 14.7 Å². The monoisotopic (exact) mass is 301 g/mol. The molecule has 0 aliphatic carbocycles. The molecule has 1 saturated heterocycles. The Labute approximate surface area is 131 Å². The Morgan fingerprint density at radius 1 is 0.909 bits per heavy atom. The van der Waals surface area contributed by atoms with E-state index in [9.17, 15) is 9.59 Å². The number of benzene rings is 1. The summed E-state index contributed by atoms with van der Waals surface area (Å²) in [5, 5.41) is 0. The number of rotatable bonds is 1. The van der Waals surface area contributed by atoms with Crippen LogP contribution in [0.3, 0.4) is 0 Å². The molecule has 0 bridgehead atoms. The molecule has 5 heteroatoms. The van der Waals surface area contributed by atoms with Crippen molar-refractivity contribution in [2.75, 3.05) is 39.3 Å². The van der Waals surface area contributed by atoms with Gasteiger partial charge in [-0.25, -0.2) is 0 Å². The summed E-state index contributed by atoms with van der Waals surface area (Å²) in [4.78, 5) is 30.6. The number of amides is 2. The molecule has 1 fully saturated rings. The maximum atomic E-state index is 12.5. The molecule has 118 valence electrons. The van der Waals surface area contributed by atoms with Gasteiger partial charge in [0.05, 0.1) is 0 Å². The predicted octanol–water partition coefficient (Wildman–Crippen LogP) is 0.735. The maximum absolute atomic E-state index is 12.5. The topological polar surface area (TPSA) is 43.9 Å². The molecule has 2 amide bonds. The van der Waals surface area contributed by atoms with E-state index < -0.39 is 0 Å². The number of carbonyl (C=O) groups excluding carboxylic acids is 2. The Morgan fingerprint density at radius 3 is 2.23 bits per heavy atom. The molecular formula is C17H23N3O2. The molecule has 5 nitrogen and oxygen atoms in total. The van der Waals surface area contributed by atoms with Crippen LogP contribution in [-0.2, 0) is 22.6 Å². The molecule has 0 unspecified atom stereocenters. The van der Waals surface area contributed by atoms with E-state index in [-0.39, 0.29) is 11.8 Å². The highest BCUT2D eigenvalue weighted by Crippen LogP contribution is 2.19. The van der Waals surface area contributed by atoms with Crippen LogP contribution in [0.25, 0.3) is 0 Å². The van der Waals surface area contributed by atoms with Crippen molar-refractivity contribution in [1.29, 1.82) is 0 Å². The van der Waals surface area contributed by atoms with E-state index in [0.29, 0.717) is 26.2 Å². The Kier molecular flexibility index (Phi) is 4.43. The van der Waals surface area contributed by atoms with Crippen LogP contribution in [0.4, 0.5) is 0 Å². The number of carbonyl (C=O) groups is 2. The summed E-state index contributed by atoms with van der Waals surface area (Å²) in [6.45, 7) is 7.33. The van der Waals surface area contributed by atoms with Crippen molar-refractivity contribution in [3.8, 4) is 0 Å². The van der Waals surface area contributed by atoms with Gasteiger partial charge < -0.3 is 14.7 Å². The summed E-state index contributed by atoms with van der Waals surface area (Å²) in [5.41, 5.74) is 2.45. The molecule has 1 aromatic rings. The Hall–Kier alpha value is -1.88. The molecule has 22 heavy (non-hydrogen) atoms. The molecule has 2 aliphatic heterocycles. The van der Waals surface area contributed by atoms with E-state index in [4.69, 9.17) is 0 Å². The van der Waals surface area contributed by atoms with E-state index in [2.05, 4.69) is 17.9 Å². The normalized spacial score (nSPS) is 19.0. The van der Waals surface area contributed by atoms with Gasteiger partial charge in [0.1, 0.15) is 0 Å². The first kappa shape index (κ1) is 15.0. The van der Waals surface area contributed by atoms with Gasteiger partial charge in [-0.2, -0.15) is 0 Å². The Bertz CT molecular complexity index is 565. The molecular weight excluding hydrogens is 278 g/mol. The number of nitrogens with zero attached hydrogens (tertiary/aromatic N) is 3. The van der Waals surface area contributed by atoms with E-state index in [1.807, 2.05) is 18.2 Å². The molecule has 0 saturated carbocycles. The summed E-state index contributed by atoms with van der Waals surface area (Å²) >= 11 is 0. The first-order valence-electron chi connectivity index (χ1n) is 8.06. The van der Waals surface area contributed by atoms with Crippen LogP contribution >= 0.6 is 0 Å². The van der Waals surface area contributed by atoms with Crippen LogP contribution in [0.1, 0.15) is 18.1 Å². The lowest BCUT2D eigenvalue weighted by atomic mass is 10.00.